The van der Waals surface area contributed by atoms with E-state index in [0.717, 1.165) is 64.1 Å². The van der Waals surface area contributed by atoms with E-state index in [1.165, 1.54) is 4.90 Å². The molecule has 0 aliphatic rings. The number of carbonyl (C=O) groups is 2. The highest BCUT2D eigenvalue weighted by molar-refractivity contribution is 5.98. The quantitative estimate of drug-likeness (QED) is 0.254. The van der Waals surface area contributed by atoms with Crippen LogP contribution in [0.5, 0.6) is 0 Å². The van der Waals surface area contributed by atoms with Crippen molar-refractivity contribution in [2.45, 2.75) is 58.9 Å². The summed E-state index contributed by atoms with van der Waals surface area (Å²) in [6.45, 7) is 8.88. The highest BCUT2D eigenvalue weighted by Gasteiger charge is 2.24. The summed E-state index contributed by atoms with van der Waals surface area (Å²) in [6.07, 6.45) is 2.97. The van der Waals surface area contributed by atoms with E-state index >= 15 is 0 Å². The number of fused-ring (bicyclic) bond motifs is 1. The van der Waals surface area contributed by atoms with Gasteiger partial charge in [-0.3, -0.25) is 0 Å². The van der Waals surface area contributed by atoms with Crippen LogP contribution in [-0.2, 0) is 18.4 Å². The van der Waals surface area contributed by atoms with Crippen molar-refractivity contribution in [3.63, 3.8) is 0 Å². The molecule has 7 nitrogen and oxygen atoms in total. The Morgan fingerprint density at radius 2 is 1.74 bits per heavy atom. The van der Waals surface area contributed by atoms with E-state index in [2.05, 4.69) is 28.9 Å². The molecular formula is C32H38N4O3. The number of carboxylic acids is 1. The minimum Gasteiger partial charge on any atom is -0.478 e. The second-order valence-electron chi connectivity index (χ2n) is 11.2. The molecule has 0 bridgehead atoms. The molecule has 0 spiro atoms. The lowest BCUT2D eigenvalue weighted by atomic mass is 9.81. The normalized spacial score (nSPS) is 11.5. The first-order valence-corrected chi connectivity index (χ1v) is 13.4. The number of amides is 2. The van der Waals surface area contributed by atoms with Crippen LogP contribution in [0.4, 0.5) is 10.5 Å². The summed E-state index contributed by atoms with van der Waals surface area (Å²) < 4.78 is 2.22. The van der Waals surface area contributed by atoms with Crippen LogP contribution < -0.4 is 5.32 Å². The van der Waals surface area contributed by atoms with Gasteiger partial charge in [-0.1, -0.05) is 76.6 Å². The third kappa shape index (κ3) is 6.14. The van der Waals surface area contributed by atoms with Crippen molar-refractivity contribution in [1.29, 1.82) is 0 Å². The molecule has 0 radical (unpaired) electrons. The zero-order valence-corrected chi connectivity index (χ0v) is 23.7. The molecule has 0 aliphatic heterocycles. The number of carbonyl (C=O) groups excluding carboxylic acids is 1. The maximum atomic E-state index is 12.3. The summed E-state index contributed by atoms with van der Waals surface area (Å²) in [5.74, 6) is 0.0975. The number of benzene rings is 3. The fraction of sp³-hybridized carbons (Fsp3) is 0.344. The second kappa shape index (κ2) is 11.3. The summed E-state index contributed by atoms with van der Waals surface area (Å²) in [6, 6.07) is 19.4. The Morgan fingerprint density at radius 3 is 2.36 bits per heavy atom. The van der Waals surface area contributed by atoms with Crippen LogP contribution in [-0.4, -0.2) is 45.7 Å². The van der Waals surface area contributed by atoms with Gasteiger partial charge in [0.05, 0.1) is 16.6 Å². The van der Waals surface area contributed by atoms with Crippen molar-refractivity contribution in [1.82, 2.24) is 14.5 Å². The number of rotatable bonds is 8. The molecule has 2 amide bonds. The minimum atomic E-state index is -0.915. The molecule has 0 unspecified atom stereocenters. The number of carboxylic acid groups (broad SMARTS) is 1. The van der Waals surface area contributed by atoms with Crippen LogP contribution in [0.2, 0.25) is 0 Å². The standard InChI is InChI=1S/C32H38N4O3/c1-7-8-12-28-34-26-18-17-23(33-31(39)35(5)6)19-27(26)36(28)20-21-13-15-22(16-14-21)24-10-9-11-25(32(2,3)4)29(24)30(37)38/h9-11,13-19H,7-8,12,20H2,1-6H3,(H,33,39)(H,37,38). The number of unbranched alkanes of at least 4 members (excludes halogenated alkanes) is 1. The third-order valence-corrected chi connectivity index (χ3v) is 6.93. The van der Waals surface area contributed by atoms with E-state index in [9.17, 15) is 14.7 Å². The van der Waals surface area contributed by atoms with Gasteiger partial charge < -0.3 is 19.9 Å². The van der Waals surface area contributed by atoms with Crippen molar-refractivity contribution in [2.75, 3.05) is 19.4 Å². The van der Waals surface area contributed by atoms with Gasteiger partial charge in [-0.2, -0.15) is 0 Å². The first kappa shape index (κ1) is 27.9. The Bertz CT molecular complexity index is 1490. The van der Waals surface area contributed by atoms with Crippen LogP contribution in [0.1, 0.15) is 67.8 Å². The van der Waals surface area contributed by atoms with Gasteiger partial charge in [0, 0.05) is 32.7 Å². The Kier molecular flexibility index (Phi) is 8.09. The minimum absolute atomic E-state index is 0.182. The summed E-state index contributed by atoms with van der Waals surface area (Å²) in [5.41, 5.74) is 6.15. The number of nitrogens with zero attached hydrogens (tertiary/aromatic N) is 3. The van der Waals surface area contributed by atoms with Crippen molar-refractivity contribution in [3.8, 4) is 11.1 Å². The SMILES string of the molecule is CCCCc1nc2ccc(NC(=O)N(C)C)cc2n1Cc1ccc(-c2cccc(C(C)(C)C)c2C(=O)O)cc1. The number of aromatic carboxylic acids is 1. The molecule has 4 rings (SSSR count). The average Bonchev–Trinajstić information content (AvgIpc) is 3.23. The molecule has 2 N–H and O–H groups in total. The number of nitrogens with one attached hydrogen (secondary N) is 1. The molecule has 1 heterocycles. The zero-order valence-electron chi connectivity index (χ0n) is 23.7. The Hall–Kier alpha value is -4.13. The van der Waals surface area contributed by atoms with Crippen molar-refractivity contribution in [3.05, 3.63) is 83.2 Å². The van der Waals surface area contributed by atoms with Gasteiger partial charge in [0.2, 0.25) is 0 Å². The summed E-state index contributed by atoms with van der Waals surface area (Å²) in [4.78, 5) is 30.9. The fourth-order valence-corrected chi connectivity index (χ4v) is 4.81. The van der Waals surface area contributed by atoms with Gasteiger partial charge in [0.15, 0.2) is 0 Å². The molecule has 0 saturated carbocycles. The number of aryl methyl sites for hydroxylation is 1. The monoisotopic (exact) mass is 526 g/mol. The summed E-state index contributed by atoms with van der Waals surface area (Å²) >= 11 is 0. The smallest absolute Gasteiger partial charge is 0.336 e. The lowest BCUT2D eigenvalue weighted by molar-refractivity contribution is 0.0695. The molecule has 0 aliphatic carbocycles. The van der Waals surface area contributed by atoms with Gasteiger partial charge in [-0.05, 0) is 52.3 Å². The molecule has 0 saturated heterocycles. The van der Waals surface area contributed by atoms with Crippen LogP contribution in [0, 0.1) is 0 Å². The molecule has 0 fully saturated rings. The van der Waals surface area contributed by atoms with Crippen LogP contribution in [0.25, 0.3) is 22.2 Å². The number of aromatic nitrogens is 2. The largest absolute Gasteiger partial charge is 0.478 e. The second-order valence-corrected chi connectivity index (χ2v) is 11.2. The molecule has 39 heavy (non-hydrogen) atoms. The molecule has 0 atom stereocenters. The van der Waals surface area contributed by atoms with E-state index in [4.69, 9.17) is 4.98 Å². The maximum Gasteiger partial charge on any atom is 0.336 e. The number of anilines is 1. The van der Waals surface area contributed by atoms with E-state index < -0.39 is 5.97 Å². The number of urea groups is 1. The molecule has 7 heteroatoms. The molecule has 1 aromatic heterocycles. The molecule has 3 aromatic carbocycles. The van der Waals surface area contributed by atoms with E-state index in [-0.39, 0.29) is 11.4 Å². The van der Waals surface area contributed by atoms with Gasteiger partial charge in [0.25, 0.3) is 0 Å². The summed E-state index contributed by atoms with van der Waals surface area (Å²) in [5, 5.41) is 13.0. The van der Waals surface area contributed by atoms with Crippen LogP contribution in [0.15, 0.2) is 60.7 Å². The van der Waals surface area contributed by atoms with E-state index in [0.29, 0.717) is 12.1 Å². The third-order valence-electron chi connectivity index (χ3n) is 6.93. The van der Waals surface area contributed by atoms with Gasteiger partial charge >= 0.3 is 12.0 Å². The highest BCUT2D eigenvalue weighted by atomic mass is 16.4. The van der Waals surface area contributed by atoms with E-state index in [1.54, 1.807) is 14.1 Å². The van der Waals surface area contributed by atoms with Crippen molar-refractivity contribution in [2.24, 2.45) is 0 Å². The topological polar surface area (TPSA) is 87.5 Å². The number of hydrogen-bond acceptors (Lipinski definition) is 3. The molecular weight excluding hydrogens is 488 g/mol. The zero-order chi connectivity index (χ0) is 28.3. The molecule has 4 aromatic rings. The Labute approximate surface area is 230 Å². The van der Waals surface area contributed by atoms with Crippen molar-refractivity contribution < 1.29 is 14.7 Å². The van der Waals surface area contributed by atoms with Gasteiger partial charge in [-0.15, -0.1) is 0 Å². The Morgan fingerprint density at radius 1 is 1.03 bits per heavy atom. The lowest BCUT2D eigenvalue weighted by Gasteiger charge is -2.23. The van der Waals surface area contributed by atoms with Gasteiger partial charge in [0.1, 0.15) is 5.82 Å². The highest BCUT2D eigenvalue weighted by Crippen LogP contribution is 2.33. The van der Waals surface area contributed by atoms with Crippen molar-refractivity contribution >= 4 is 28.7 Å². The summed E-state index contributed by atoms with van der Waals surface area (Å²) in [7, 11) is 3.42. The average molecular weight is 527 g/mol. The first-order chi connectivity index (χ1) is 18.5. The van der Waals surface area contributed by atoms with Crippen LogP contribution >= 0.6 is 0 Å². The molecule has 204 valence electrons. The first-order valence-electron chi connectivity index (χ1n) is 13.4. The number of hydrogen-bond donors (Lipinski definition) is 2. The predicted molar refractivity (Wildman–Crippen MR) is 158 cm³/mol. The number of imidazole rings is 1. The van der Waals surface area contributed by atoms with E-state index in [1.807, 2.05) is 69.3 Å². The van der Waals surface area contributed by atoms with Crippen LogP contribution in [0.3, 0.4) is 0 Å². The maximum absolute atomic E-state index is 12.3. The Balaban J connectivity index is 1.71. The fourth-order valence-electron chi connectivity index (χ4n) is 4.81. The predicted octanol–water partition coefficient (Wildman–Crippen LogP) is 7.18. The lowest BCUT2D eigenvalue weighted by Crippen LogP contribution is -2.27. The van der Waals surface area contributed by atoms with Gasteiger partial charge in [-0.25, -0.2) is 14.6 Å².